The second-order valence-electron chi connectivity index (χ2n) is 6.83. The fraction of sp³-hybridized carbons (Fsp3) is 0.348. The average molecular weight is 463 g/mol. The molecule has 0 bridgehead atoms. The van der Waals surface area contributed by atoms with Gasteiger partial charge in [0.25, 0.3) is 11.8 Å². The van der Waals surface area contributed by atoms with Crippen LogP contribution in [0.1, 0.15) is 28.8 Å². The Labute approximate surface area is 192 Å². The Hall–Kier alpha value is -2.51. The van der Waals surface area contributed by atoms with Crippen LogP contribution in [0.25, 0.3) is 0 Å². The Kier molecular flexibility index (Phi) is 11.0. The Morgan fingerprint density at radius 1 is 1.06 bits per heavy atom. The van der Waals surface area contributed by atoms with E-state index in [0.717, 1.165) is 12.8 Å². The van der Waals surface area contributed by atoms with E-state index in [1.807, 2.05) is 36.6 Å². The number of hydrogen-bond donors (Lipinski definition) is 2. The van der Waals surface area contributed by atoms with Gasteiger partial charge in [0.2, 0.25) is 0 Å². The highest BCUT2D eigenvalue weighted by molar-refractivity contribution is 7.98. The van der Waals surface area contributed by atoms with Crippen molar-refractivity contribution in [3.8, 4) is 0 Å². The van der Waals surface area contributed by atoms with Crippen molar-refractivity contribution in [1.29, 1.82) is 0 Å². The fourth-order valence-corrected chi connectivity index (χ4v) is 3.51. The minimum absolute atomic E-state index is 0.280. The number of carbonyl (C=O) groups excluding carboxylic acids is 3. The minimum atomic E-state index is -0.859. The van der Waals surface area contributed by atoms with Crippen LogP contribution in [0.3, 0.4) is 0 Å². The first-order chi connectivity index (χ1) is 15.0. The van der Waals surface area contributed by atoms with Gasteiger partial charge < -0.3 is 15.4 Å². The number of nitrogens with one attached hydrogen (secondary N) is 2. The van der Waals surface area contributed by atoms with Crippen molar-refractivity contribution in [3.05, 3.63) is 70.7 Å². The summed E-state index contributed by atoms with van der Waals surface area (Å²) in [5, 5.41) is 5.70. The molecule has 0 heterocycles. The minimum Gasteiger partial charge on any atom is -0.454 e. The maximum absolute atomic E-state index is 12.5. The molecule has 8 heteroatoms. The third-order valence-electron chi connectivity index (χ3n) is 4.47. The standard InChI is InChI=1S/C23H27ClN2O4S/c1-31-15-13-20(26-22(28)18-11-5-6-12-19(18)24)23(29)30-16-21(27)25-14-7-10-17-8-3-2-4-9-17/h2-6,8-9,11-12,20H,7,10,13-16H2,1H3,(H,25,27)(H,26,28). The summed E-state index contributed by atoms with van der Waals surface area (Å²) in [5.41, 5.74) is 1.48. The van der Waals surface area contributed by atoms with E-state index in [2.05, 4.69) is 10.6 Å². The molecule has 0 aromatic heterocycles. The van der Waals surface area contributed by atoms with Gasteiger partial charge in [0.15, 0.2) is 6.61 Å². The van der Waals surface area contributed by atoms with Crippen LogP contribution in [0.4, 0.5) is 0 Å². The smallest absolute Gasteiger partial charge is 0.329 e. The van der Waals surface area contributed by atoms with Crippen LogP contribution in [-0.2, 0) is 20.7 Å². The van der Waals surface area contributed by atoms with Gasteiger partial charge in [-0.05, 0) is 49.0 Å². The van der Waals surface area contributed by atoms with Crippen LogP contribution in [-0.4, -0.2) is 49.0 Å². The van der Waals surface area contributed by atoms with E-state index in [0.29, 0.717) is 23.7 Å². The van der Waals surface area contributed by atoms with Gasteiger partial charge in [-0.2, -0.15) is 11.8 Å². The van der Waals surface area contributed by atoms with Crippen LogP contribution in [0.5, 0.6) is 0 Å². The summed E-state index contributed by atoms with van der Waals surface area (Å²) < 4.78 is 5.14. The van der Waals surface area contributed by atoms with Gasteiger partial charge in [-0.15, -0.1) is 0 Å². The van der Waals surface area contributed by atoms with Gasteiger partial charge in [0, 0.05) is 6.54 Å². The van der Waals surface area contributed by atoms with Crippen LogP contribution < -0.4 is 10.6 Å². The van der Waals surface area contributed by atoms with Crippen molar-refractivity contribution in [3.63, 3.8) is 0 Å². The molecule has 0 fully saturated rings. The third kappa shape index (κ3) is 9.02. The molecule has 1 unspecified atom stereocenters. The van der Waals surface area contributed by atoms with E-state index in [-0.39, 0.29) is 18.1 Å². The molecule has 2 N–H and O–H groups in total. The summed E-state index contributed by atoms with van der Waals surface area (Å²) in [4.78, 5) is 36.9. The van der Waals surface area contributed by atoms with Crippen LogP contribution in [0.2, 0.25) is 5.02 Å². The SMILES string of the molecule is CSCCC(NC(=O)c1ccccc1Cl)C(=O)OCC(=O)NCCCc1ccccc1. The Balaban J connectivity index is 1.78. The molecule has 0 radical (unpaired) electrons. The zero-order chi connectivity index (χ0) is 22.5. The molecule has 0 spiro atoms. The number of halogens is 1. The zero-order valence-electron chi connectivity index (χ0n) is 17.4. The van der Waals surface area contributed by atoms with Gasteiger partial charge in [0.1, 0.15) is 6.04 Å². The number of carbonyl (C=O) groups is 3. The number of aryl methyl sites for hydroxylation is 1. The van der Waals surface area contributed by atoms with Gasteiger partial charge in [-0.3, -0.25) is 9.59 Å². The van der Waals surface area contributed by atoms with E-state index >= 15 is 0 Å². The lowest BCUT2D eigenvalue weighted by Gasteiger charge is -2.17. The number of rotatable bonds is 12. The summed E-state index contributed by atoms with van der Waals surface area (Å²) in [5.74, 6) is -0.829. The number of amides is 2. The molecule has 2 rings (SSSR count). The first kappa shape index (κ1) is 24.8. The predicted molar refractivity (Wildman–Crippen MR) is 124 cm³/mol. The third-order valence-corrected chi connectivity index (χ3v) is 5.45. The Bertz CT molecular complexity index is 864. The van der Waals surface area contributed by atoms with E-state index in [1.54, 1.807) is 36.0 Å². The number of benzene rings is 2. The number of esters is 1. The van der Waals surface area contributed by atoms with Crippen LogP contribution in [0, 0.1) is 0 Å². The molecule has 0 aliphatic rings. The highest BCUT2D eigenvalue weighted by Gasteiger charge is 2.24. The molecule has 0 saturated heterocycles. The van der Waals surface area contributed by atoms with Crippen molar-refractivity contribution in [2.75, 3.05) is 25.2 Å². The van der Waals surface area contributed by atoms with Gasteiger partial charge in [0.05, 0.1) is 10.6 Å². The second-order valence-corrected chi connectivity index (χ2v) is 8.23. The summed E-state index contributed by atoms with van der Waals surface area (Å²) in [6.45, 7) is 0.103. The number of hydrogen-bond acceptors (Lipinski definition) is 5. The lowest BCUT2D eigenvalue weighted by Crippen LogP contribution is -2.43. The summed E-state index contributed by atoms with van der Waals surface area (Å²) in [6, 6.07) is 15.7. The molecule has 2 amide bonds. The molecule has 1 atom stereocenters. The normalized spacial score (nSPS) is 11.4. The highest BCUT2D eigenvalue weighted by Crippen LogP contribution is 2.15. The van der Waals surface area contributed by atoms with Gasteiger partial charge in [-0.1, -0.05) is 54.1 Å². The largest absolute Gasteiger partial charge is 0.454 e. The van der Waals surface area contributed by atoms with Crippen molar-refractivity contribution >= 4 is 41.1 Å². The summed E-state index contributed by atoms with van der Waals surface area (Å²) >= 11 is 7.60. The maximum atomic E-state index is 12.5. The van der Waals surface area contributed by atoms with Crippen LogP contribution >= 0.6 is 23.4 Å². The average Bonchev–Trinajstić information content (AvgIpc) is 2.78. The molecule has 2 aromatic carbocycles. The quantitative estimate of drug-likeness (QED) is 0.372. The summed E-state index contributed by atoms with van der Waals surface area (Å²) in [6.07, 6.45) is 3.93. The lowest BCUT2D eigenvalue weighted by molar-refractivity contribution is -0.150. The first-order valence-corrected chi connectivity index (χ1v) is 11.8. The van der Waals surface area contributed by atoms with E-state index < -0.39 is 17.9 Å². The highest BCUT2D eigenvalue weighted by atomic mass is 35.5. The monoisotopic (exact) mass is 462 g/mol. The second kappa shape index (κ2) is 13.7. The maximum Gasteiger partial charge on any atom is 0.329 e. The van der Waals surface area contributed by atoms with Crippen molar-refractivity contribution < 1.29 is 19.1 Å². The number of ether oxygens (including phenoxy) is 1. The Morgan fingerprint density at radius 3 is 2.48 bits per heavy atom. The first-order valence-electron chi connectivity index (χ1n) is 10.0. The predicted octanol–water partition coefficient (Wildman–Crippen LogP) is 3.48. The molecule has 166 valence electrons. The van der Waals surface area contributed by atoms with Crippen LogP contribution in [0.15, 0.2) is 54.6 Å². The number of thioether (sulfide) groups is 1. The molecule has 2 aromatic rings. The fourth-order valence-electron chi connectivity index (χ4n) is 2.82. The molecular weight excluding hydrogens is 436 g/mol. The molecule has 0 aliphatic heterocycles. The Morgan fingerprint density at radius 2 is 1.77 bits per heavy atom. The summed E-state index contributed by atoms with van der Waals surface area (Å²) in [7, 11) is 0. The van der Waals surface area contributed by atoms with Gasteiger partial charge in [-0.25, -0.2) is 4.79 Å². The van der Waals surface area contributed by atoms with E-state index in [1.165, 1.54) is 5.56 Å². The molecule has 0 aliphatic carbocycles. The van der Waals surface area contributed by atoms with E-state index in [4.69, 9.17) is 16.3 Å². The molecule has 6 nitrogen and oxygen atoms in total. The van der Waals surface area contributed by atoms with E-state index in [9.17, 15) is 14.4 Å². The van der Waals surface area contributed by atoms with Crippen molar-refractivity contribution in [2.24, 2.45) is 0 Å². The molecular formula is C23H27ClN2O4S. The zero-order valence-corrected chi connectivity index (χ0v) is 19.0. The van der Waals surface area contributed by atoms with Crippen molar-refractivity contribution in [2.45, 2.75) is 25.3 Å². The molecule has 31 heavy (non-hydrogen) atoms. The van der Waals surface area contributed by atoms with Crippen molar-refractivity contribution in [1.82, 2.24) is 10.6 Å². The van der Waals surface area contributed by atoms with Gasteiger partial charge >= 0.3 is 5.97 Å². The molecule has 0 saturated carbocycles. The lowest BCUT2D eigenvalue weighted by atomic mass is 10.1. The topological polar surface area (TPSA) is 84.5 Å².